The lowest BCUT2D eigenvalue weighted by Gasteiger charge is -2.29. The third-order valence-corrected chi connectivity index (χ3v) is 6.40. The highest BCUT2D eigenvalue weighted by atomic mass is 32.1. The average molecular weight is 487 g/mol. The van der Waals surface area contributed by atoms with Crippen LogP contribution >= 0.6 is 11.3 Å². The van der Waals surface area contributed by atoms with E-state index in [-0.39, 0.29) is 12.4 Å². The summed E-state index contributed by atoms with van der Waals surface area (Å²) in [6.07, 6.45) is -0.781. The first kappa shape index (κ1) is 27.4. The van der Waals surface area contributed by atoms with Crippen molar-refractivity contribution in [3.8, 4) is 5.75 Å². The van der Waals surface area contributed by atoms with Crippen molar-refractivity contribution in [3.63, 3.8) is 0 Å². The molecule has 2 aromatic rings. The molecule has 0 aliphatic heterocycles. The monoisotopic (exact) mass is 486 g/mol. The van der Waals surface area contributed by atoms with Gasteiger partial charge in [-0.25, -0.2) is 4.98 Å². The van der Waals surface area contributed by atoms with Crippen LogP contribution in [0.15, 0.2) is 23.6 Å². The Hall–Kier alpha value is -1.84. The van der Waals surface area contributed by atoms with E-state index in [0.717, 1.165) is 50.5 Å². The van der Waals surface area contributed by atoms with Gasteiger partial charge in [0.2, 0.25) is 0 Å². The number of benzene rings is 1. The van der Waals surface area contributed by atoms with Gasteiger partial charge in [0.25, 0.3) is 0 Å². The number of ether oxygens (including phenoxy) is 1. The number of alkyl halides is 3. The first-order valence-corrected chi connectivity index (χ1v) is 12.5. The second kappa shape index (κ2) is 13.2. The topological polar surface area (TPSA) is 40.6 Å². The van der Waals surface area contributed by atoms with Gasteiger partial charge in [-0.1, -0.05) is 33.6 Å². The maximum atomic E-state index is 13.6. The van der Waals surface area contributed by atoms with Gasteiger partial charge in [-0.05, 0) is 51.7 Å². The Labute approximate surface area is 200 Å². The minimum Gasteiger partial charge on any atom is -0.493 e. The SMILES string of the molecule is CCCCCOc1ccc(Nc2nc(CN(CC)CC(CC)N(C)C)cs2)cc1C(F)(F)F. The molecule has 0 aliphatic rings. The van der Waals surface area contributed by atoms with Gasteiger partial charge in [-0.3, -0.25) is 4.90 Å². The van der Waals surface area contributed by atoms with Crippen LogP contribution in [0.3, 0.4) is 0 Å². The van der Waals surface area contributed by atoms with E-state index in [1.807, 2.05) is 12.3 Å². The van der Waals surface area contributed by atoms with Crippen molar-refractivity contribution in [2.75, 3.05) is 39.1 Å². The number of anilines is 2. The smallest absolute Gasteiger partial charge is 0.420 e. The van der Waals surface area contributed by atoms with Crippen LogP contribution in [0.4, 0.5) is 24.0 Å². The number of aromatic nitrogens is 1. The van der Waals surface area contributed by atoms with E-state index in [4.69, 9.17) is 4.74 Å². The number of halogens is 3. The zero-order chi connectivity index (χ0) is 24.4. The summed E-state index contributed by atoms with van der Waals surface area (Å²) in [5, 5.41) is 5.56. The first-order valence-electron chi connectivity index (χ1n) is 11.6. The molecule has 0 bridgehead atoms. The van der Waals surface area contributed by atoms with Gasteiger partial charge in [0.1, 0.15) is 5.75 Å². The van der Waals surface area contributed by atoms with Gasteiger partial charge in [0.05, 0.1) is 17.9 Å². The van der Waals surface area contributed by atoms with Crippen molar-refractivity contribution in [2.24, 2.45) is 0 Å². The molecular weight excluding hydrogens is 449 g/mol. The molecule has 5 nitrogen and oxygen atoms in total. The fourth-order valence-electron chi connectivity index (χ4n) is 3.54. The van der Waals surface area contributed by atoms with Gasteiger partial charge < -0.3 is 15.0 Å². The van der Waals surface area contributed by atoms with Gasteiger partial charge in [-0.15, -0.1) is 11.3 Å². The van der Waals surface area contributed by atoms with Gasteiger partial charge in [0, 0.05) is 30.2 Å². The summed E-state index contributed by atoms with van der Waals surface area (Å²) in [5.74, 6) is -0.131. The minimum atomic E-state index is -4.49. The van der Waals surface area contributed by atoms with E-state index < -0.39 is 11.7 Å². The Morgan fingerprint density at radius 1 is 1.15 bits per heavy atom. The fourth-order valence-corrected chi connectivity index (χ4v) is 4.26. The molecule has 0 amide bonds. The molecule has 1 aromatic carbocycles. The lowest BCUT2D eigenvalue weighted by atomic mass is 10.1. The van der Waals surface area contributed by atoms with E-state index in [1.54, 1.807) is 6.07 Å². The number of hydrogen-bond donors (Lipinski definition) is 1. The lowest BCUT2D eigenvalue weighted by Crippen LogP contribution is -2.39. The molecule has 0 saturated carbocycles. The first-order chi connectivity index (χ1) is 15.7. The van der Waals surface area contributed by atoms with Gasteiger partial charge in [0.15, 0.2) is 5.13 Å². The highest BCUT2D eigenvalue weighted by Gasteiger charge is 2.34. The summed E-state index contributed by atoms with van der Waals surface area (Å²) < 4.78 is 46.2. The number of nitrogens with zero attached hydrogens (tertiary/aromatic N) is 3. The minimum absolute atomic E-state index is 0.131. The highest BCUT2D eigenvalue weighted by Crippen LogP contribution is 2.38. The molecule has 2 rings (SSSR count). The Kier molecular flexibility index (Phi) is 10.9. The predicted octanol–water partition coefficient (Wildman–Crippen LogP) is 6.64. The molecular formula is C24H37F3N4OS. The molecule has 0 saturated heterocycles. The van der Waals surface area contributed by atoms with Crippen LogP contribution in [0.25, 0.3) is 0 Å². The van der Waals surface area contributed by atoms with Crippen LogP contribution in [0.5, 0.6) is 5.75 Å². The summed E-state index contributed by atoms with van der Waals surface area (Å²) in [4.78, 5) is 9.16. The summed E-state index contributed by atoms with van der Waals surface area (Å²) in [6.45, 7) is 9.17. The van der Waals surface area contributed by atoms with Crippen molar-refractivity contribution in [1.29, 1.82) is 0 Å². The maximum absolute atomic E-state index is 13.6. The van der Waals surface area contributed by atoms with Crippen LogP contribution in [0.1, 0.15) is 57.7 Å². The lowest BCUT2D eigenvalue weighted by molar-refractivity contribution is -0.138. The number of likely N-dealkylation sites (N-methyl/N-ethyl adjacent to an activating group) is 2. The Morgan fingerprint density at radius 2 is 1.91 bits per heavy atom. The highest BCUT2D eigenvalue weighted by molar-refractivity contribution is 7.13. The number of hydrogen-bond acceptors (Lipinski definition) is 6. The van der Waals surface area contributed by atoms with E-state index >= 15 is 0 Å². The molecule has 1 unspecified atom stereocenters. The van der Waals surface area contributed by atoms with Crippen LogP contribution in [0.2, 0.25) is 0 Å². The number of nitrogens with one attached hydrogen (secondary N) is 1. The standard InChI is InChI=1S/C24H37F3N4OS/c1-6-9-10-13-32-22-12-11-18(14-21(22)24(25,26)27)28-23-29-19(17-33-23)15-31(8-3)16-20(7-2)30(4)5/h11-12,14,17,20H,6-10,13,15-16H2,1-5H3,(H,28,29). The number of thiazole rings is 1. The molecule has 0 radical (unpaired) electrons. The number of rotatable bonds is 14. The van der Waals surface area contributed by atoms with Crippen molar-refractivity contribution in [3.05, 3.63) is 34.8 Å². The third kappa shape index (κ3) is 8.79. The Bertz CT molecular complexity index is 841. The van der Waals surface area contributed by atoms with Crippen molar-refractivity contribution in [1.82, 2.24) is 14.8 Å². The van der Waals surface area contributed by atoms with Crippen molar-refractivity contribution in [2.45, 2.75) is 65.2 Å². The molecule has 33 heavy (non-hydrogen) atoms. The van der Waals surface area contributed by atoms with E-state index in [1.165, 1.54) is 17.4 Å². The molecule has 0 aliphatic carbocycles. The van der Waals surface area contributed by atoms with Gasteiger partial charge in [-0.2, -0.15) is 13.2 Å². The van der Waals surface area contributed by atoms with Crippen LogP contribution in [-0.2, 0) is 12.7 Å². The van der Waals surface area contributed by atoms with Crippen molar-refractivity contribution < 1.29 is 17.9 Å². The summed E-state index contributed by atoms with van der Waals surface area (Å²) >= 11 is 1.39. The molecule has 1 atom stereocenters. The number of unbranched alkanes of at least 4 members (excludes halogenated alkanes) is 2. The second-order valence-corrected chi connectivity index (χ2v) is 9.24. The van der Waals surface area contributed by atoms with Crippen LogP contribution < -0.4 is 10.1 Å². The molecule has 0 fully saturated rings. The second-order valence-electron chi connectivity index (χ2n) is 8.39. The van der Waals surface area contributed by atoms with E-state index in [2.05, 4.69) is 48.0 Å². The van der Waals surface area contributed by atoms with Gasteiger partial charge >= 0.3 is 6.18 Å². The Morgan fingerprint density at radius 3 is 2.52 bits per heavy atom. The summed E-state index contributed by atoms with van der Waals surface area (Å²) in [5.41, 5.74) is 0.479. The molecule has 9 heteroatoms. The van der Waals surface area contributed by atoms with E-state index in [9.17, 15) is 13.2 Å². The maximum Gasteiger partial charge on any atom is 0.420 e. The molecule has 1 aromatic heterocycles. The average Bonchev–Trinajstić information content (AvgIpc) is 3.20. The third-order valence-electron chi connectivity index (χ3n) is 5.60. The fraction of sp³-hybridized carbons (Fsp3) is 0.625. The zero-order valence-corrected chi connectivity index (χ0v) is 21.2. The largest absolute Gasteiger partial charge is 0.493 e. The Balaban J connectivity index is 2.07. The summed E-state index contributed by atoms with van der Waals surface area (Å²) in [6, 6.07) is 4.55. The van der Waals surface area contributed by atoms with E-state index in [0.29, 0.717) is 23.4 Å². The predicted molar refractivity (Wildman–Crippen MR) is 131 cm³/mol. The normalized spacial score (nSPS) is 13.0. The summed E-state index contributed by atoms with van der Waals surface area (Å²) in [7, 11) is 4.17. The van der Waals surface area contributed by atoms with Crippen LogP contribution in [-0.4, -0.2) is 54.6 Å². The molecule has 1 N–H and O–H groups in total. The molecule has 186 valence electrons. The zero-order valence-electron chi connectivity index (χ0n) is 20.3. The van der Waals surface area contributed by atoms with Crippen molar-refractivity contribution >= 4 is 22.2 Å². The molecule has 0 spiro atoms. The molecule has 1 heterocycles. The van der Waals surface area contributed by atoms with Crippen LogP contribution in [0, 0.1) is 0 Å². The quantitative estimate of drug-likeness (QED) is 0.303.